The molecule has 0 aliphatic heterocycles. The molecule has 0 bridgehead atoms. The molecule has 0 spiro atoms. The highest BCUT2D eigenvalue weighted by Gasteiger charge is 2.45. The van der Waals surface area contributed by atoms with E-state index in [1.54, 1.807) is 6.92 Å². The van der Waals surface area contributed by atoms with Gasteiger partial charge in [-0.05, 0) is 47.9 Å². The smallest absolute Gasteiger partial charge is 0.407 e. The van der Waals surface area contributed by atoms with Crippen molar-refractivity contribution in [2.45, 2.75) is 43.7 Å². The van der Waals surface area contributed by atoms with E-state index < -0.39 is 36.2 Å². The van der Waals surface area contributed by atoms with Crippen LogP contribution in [0.2, 0.25) is 0 Å². The summed E-state index contributed by atoms with van der Waals surface area (Å²) < 4.78 is 5.62. The van der Waals surface area contributed by atoms with Crippen LogP contribution in [0.1, 0.15) is 43.2 Å². The molecule has 8 nitrogen and oxygen atoms in total. The predicted molar refractivity (Wildman–Crippen MR) is 121 cm³/mol. The first-order valence-corrected chi connectivity index (χ1v) is 11.1. The fourth-order valence-electron chi connectivity index (χ4n) is 4.64. The summed E-state index contributed by atoms with van der Waals surface area (Å²) >= 11 is 0. The first-order chi connectivity index (χ1) is 15.8. The van der Waals surface area contributed by atoms with Crippen molar-refractivity contribution in [2.24, 2.45) is 5.92 Å². The summed E-state index contributed by atoms with van der Waals surface area (Å²) in [5, 5.41) is 23.3. The van der Waals surface area contributed by atoms with E-state index in [-0.39, 0.29) is 24.9 Å². The molecule has 2 aromatic carbocycles. The van der Waals surface area contributed by atoms with Gasteiger partial charge in [-0.3, -0.25) is 4.79 Å². The number of aliphatic hydroxyl groups excluding tert-OH is 1. The van der Waals surface area contributed by atoms with E-state index in [2.05, 4.69) is 22.8 Å². The highest BCUT2D eigenvalue weighted by molar-refractivity contribution is 5.85. The third-order valence-electron chi connectivity index (χ3n) is 6.55. The summed E-state index contributed by atoms with van der Waals surface area (Å²) in [6.45, 7) is 1.22. The van der Waals surface area contributed by atoms with Crippen LogP contribution in [0.25, 0.3) is 11.1 Å². The average molecular weight is 453 g/mol. The summed E-state index contributed by atoms with van der Waals surface area (Å²) in [5.74, 6) is -1.84. The molecule has 0 heterocycles. The van der Waals surface area contributed by atoms with E-state index in [0.717, 1.165) is 35.1 Å². The second-order valence-corrected chi connectivity index (χ2v) is 8.96. The zero-order chi connectivity index (χ0) is 23.6. The maximum Gasteiger partial charge on any atom is 0.407 e. The van der Waals surface area contributed by atoms with Crippen molar-refractivity contribution in [3.8, 4) is 11.1 Å². The van der Waals surface area contributed by atoms with Crippen LogP contribution in [-0.2, 0) is 14.3 Å². The number of carboxylic acids is 1. The van der Waals surface area contributed by atoms with Crippen LogP contribution in [-0.4, -0.2) is 53.0 Å². The largest absolute Gasteiger partial charge is 0.480 e. The van der Waals surface area contributed by atoms with E-state index in [1.807, 2.05) is 36.4 Å². The molecule has 4 rings (SSSR count). The third kappa shape index (κ3) is 4.85. The van der Waals surface area contributed by atoms with Crippen LogP contribution in [0, 0.1) is 5.92 Å². The Balaban J connectivity index is 1.40. The lowest BCUT2D eigenvalue weighted by Crippen LogP contribution is -2.53. The number of aliphatic carboxylic acids is 1. The van der Waals surface area contributed by atoms with Gasteiger partial charge in [0, 0.05) is 12.3 Å². The van der Waals surface area contributed by atoms with Gasteiger partial charge < -0.3 is 25.6 Å². The Morgan fingerprint density at radius 2 is 1.64 bits per heavy atom. The average Bonchev–Trinajstić information content (AvgIpc) is 3.60. The summed E-state index contributed by atoms with van der Waals surface area (Å²) in [6.07, 6.45) is 0.994. The minimum atomic E-state index is -1.38. The number of fused-ring (bicyclic) bond motifs is 3. The quantitative estimate of drug-likeness (QED) is 0.464. The van der Waals surface area contributed by atoms with Crippen LogP contribution in [0.3, 0.4) is 0 Å². The standard InChI is InChI=1S/C25H28N2O6/c1-25(15-10-11-15,12-22(29)26-21(13-28)23(30)31)27-24(32)33-14-20-18-8-4-2-6-16(18)17-7-3-5-9-19(17)20/h2-9,15,20-21,28H,10-14H2,1H3,(H,26,29)(H,27,32)(H,30,31). The Bertz CT molecular complexity index is 1020. The van der Waals surface area contributed by atoms with E-state index in [4.69, 9.17) is 14.9 Å². The summed E-state index contributed by atoms with van der Waals surface area (Å²) in [4.78, 5) is 36.2. The monoisotopic (exact) mass is 452 g/mol. The first kappa shape index (κ1) is 22.8. The lowest BCUT2D eigenvalue weighted by atomic mass is 9.91. The van der Waals surface area contributed by atoms with Gasteiger partial charge in [-0.2, -0.15) is 0 Å². The Hall–Kier alpha value is -3.39. The number of carbonyl (C=O) groups is 3. The van der Waals surface area contributed by atoms with E-state index in [1.165, 1.54) is 0 Å². The number of benzene rings is 2. The molecule has 33 heavy (non-hydrogen) atoms. The molecule has 2 aromatic rings. The van der Waals surface area contributed by atoms with Gasteiger partial charge in [0.05, 0.1) is 12.1 Å². The third-order valence-corrected chi connectivity index (χ3v) is 6.55. The van der Waals surface area contributed by atoms with Crippen molar-refractivity contribution in [1.29, 1.82) is 0 Å². The maximum atomic E-state index is 12.7. The molecule has 2 unspecified atom stereocenters. The predicted octanol–water partition coefficient (Wildman–Crippen LogP) is 2.65. The number of alkyl carbamates (subject to hydrolysis) is 1. The highest BCUT2D eigenvalue weighted by Crippen LogP contribution is 2.45. The minimum absolute atomic E-state index is 0.0699. The van der Waals surface area contributed by atoms with E-state index in [0.29, 0.717) is 0 Å². The molecule has 2 aliphatic carbocycles. The number of carbonyl (C=O) groups excluding carboxylic acids is 2. The second kappa shape index (κ2) is 9.23. The topological polar surface area (TPSA) is 125 Å². The van der Waals surface area contributed by atoms with Crippen molar-refractivity contribution in [3.05, 3.63) is 59.7 Å². The lowest BCUT2D eigenvalue weighted by Gasteiger charge is -2.30. The number of ether oxygens (including phenoxy) is 1. The van der Waals surface area contributed by atoms with Crippen molar-refractivity contribution >= 4 is 18.0 Å². The molecule has 1 saturated carbocycles. The van der Waals surface area contributed by atoms with Crippen molar-refractivity contribution in [2.75, 3.05) is 13.2 Å². The van der Waals surface area contributed by atoms with Gasteiger partial charge in [-0.15, -0.1) is 0 Å². The molecular weight excluding hydrogens is 424 g/mol. The normalized spacial score (nSPS) is 17.3. The first-order valence-electron chi connectivity index (χ1n) is 11.1. The molecule has 2 aliphatic rings. The van der Waals surface area contributed by atoms with Crippen LogP contribution < -0.4 is 10.6 Å². The van der Waals surface area contributed by atoms with Gasteiger partial charge in [-0.1, -0.05) is 48.5 Å². The number of carboxylic acid groups (broad SMARTS) is 1. The van der Waals surface area contributed by atoms with Crippen molar-refractivity contribution < 1.29 is 29.3 Å². The molecule has 2 amide bonds. The van der Waals surface area contributed by atoms with Gasteiger partial charge >= 0.3 is 12.1 Å². The zero-order valence-corrected chi connectivity index (χ0v) is 18.4. The molecule has 8 heteroatoms. The maximum absolute atomic E-state index is 12.7. The molecule has 1 fully saturated rings. The molecule has 0 saturated heterocycles. The number of hydrogen-bond donors (Lipinski definition) is 4. The number of rotatable bonds is 9. The molecule has 0 radical (unpaired) electrons. The number of hydrogen-bond acceptors (Lipinski definition) is 5. The Kier molecular flexibility index (Phi) is 6.37. The summed E-state index contributed by atoms with van der Waals surface area (Å²) in [7, 11) is 0. The van der Waals surface area contributed by atoms with Crippen LogP contribution in [0.15, 0.2) is 48.5 Å². The van der Waals surface area contributed by atoms with Gasteiger partial charge in [-0.25, -0.2) is 9.59 Å². The van der Waals surface area contributed by atoms with Crippen LogP contribution in [0.4, 0.5) is 4.79 Å². The SMILES string of the molecule is CC(CC(=O)NC(CO)C(=O)O)(NC(=O)OCC1c2ccccc2-c2ccccc21)C1CC1. The van der Waals surface area contributed by atoms with E-state index in [9.17, 15) is 14.4 Å². The van der Waals surface area contributed by atoms with Crippen LogP contribution >= 0.6 is 0 Å². The van der Waals surface area contributed by atoms with Gasteiger partial charge in [0.2, 0.25) is 5.91 Å². The molecule has 2 atom stereocenters. The Labute approximate surface area is 192 Å². The Morgan fingerprint density at radius 3 is 2.15 bits per heavy atom. The van der Waals surface area contributed by atoms with E-state index >= 15 is 0 Å². The number of nitrogens with one attached hydrogen (secondary N) is 2. The second-order valence-electron chi connectivity index (χ2n) is 8.96. The van der Waals surface area contributed by atoms with Gasteiger partial charge in [0.1, 0.15) is 12.6 Å². The Morgan fingerprint density at radius 1 is 1.06 bits per heavy atom. The van der Waals surface area contributed by atoms with Crippen molar-refractivity contribution in [3.63, 3.8) is 0 Å². The number of aliphatic hydroxyl groups is 1. The summed E-state index contributed by atoms with van der Waals surface area (Å²) in [6, 6.07) is 14.7. The molecule has 174 valence electrons. The zero-order valence-electron chi connectivity index (χ0n) is 18.4. The molecule has 0 aromatic heterocycles. The minimum Gasteiger partial charge on any atom is -0.480 e. The highest BCUT2D eigenvalue weighted by atomic mass is 16.5. The molecular formula is C25H28N2O6. The van der Waals surface area contributed by atoms with Gasteiger partial charge in [0.25, 0.3) is 0 Å². The molecule has 4 N–H and O–H groups in total. The fraction of sp³-hybridized carbons (Fsp3) is 0.400. The summed E-state index contributed by atoms with van der Waals surface area (Å²) in [5.41, 5.74) is 3.63. The van der Waals surface area contributed by atoms with Crippen LogP contribution in [0.5, 0.6) is 0 Å². The van der Waals surface area contributed by atoms with Gasteiger partial charge in [0.15, 0.2) is 0 Å². The van der Waals surface area contributed by atoms with Crippen molar-refractivity contribution in [1.82, 2.24) is 10.6 Å². The fourth-order valence-corrected chi connectivity index (χ4v) is 4.64. The lowest BCUT2D eigenvalue weighted by molar-refractivity contribution is -0.143. The number of amides is 2.